The standard InChI is InChI=1S/C26H32N2O4/c1-31-25(30)12-8-3-2-7-11-22-21(15-24(29)28-14-13-27-19-28)23-17-26(22,18-32-23)16-20-9-5-4-6-10-20/h2,4-7,9-10,13-14,19,21-23H,3,8,11-12,15-18H2,1H3/b7-2-/t21-,22+,23+,26+/m0/s1. The Morgan fingerprint density at radius 1 is 1.28 bits per heavy atom. The number of rotatable bonds is 10. The number of allylic oxidation sites excluding steroid dienone is 2. The molecule has 2 fully saturated rings. The van der Waals surface area contributed by atoms with Gasteiger partial charge in [0.2, 0.25) is 5.91 Å². The molecule has 0 N–H and O–H groups in total. The highest BCUT2D eigenvalue weighted by molar-refractivity contribution is 5.79. The van der Waals surface area contributed by atoms with E-state index in [4.69, 9.17) is 9.47 Å². The number of esters is 1. The Hall–Kier alpha value is -2.73. The number of hydrogen-bond acceptors (Lipinski definition) is 5. The maximum Gasteiger partial charge on any atom is 0.305 e. The zero-order valence-corrected chi connectivity index (χ0v) is 18.7. The van der Waals surface area contributed by atoms with Gasteiger partial charge in [0.25, 0.3) is 0 Å². The van der Waals surface area contributed by atoms with E-state index < -0.39 is 0 Å². The van der Waals surface area contributed by atoms with Crippen molar-refractivity contribution in [2.75, 3.05) is 13.7 Å². The Balaban J connectivity index is 1.46. The molecular weight excluding hydrogens is 404 g/mol. The predicted octanol–water partition coefficient (Wildman–Crippen LogP) is 4.47. The fraction of sp³-hybridized carbons (Fsp3) is 0.500. The van der Waals surface area contributed by atoms with Gasteiger partial charge in [0, 0.05) is 30.7 Å². The number of carbonyl (C=O) groups excluding carboxylic acids is 2. The molecule has 0 radical (unpaired) electrons. The summed E-state index contributed by atoms with van der Waals surface area (Å²) in [6, 6.07) is 10.6. The quantitative estimate of drug-likeness (QED) is 0.312. The van der Waals surface area contributed by atoms with Crippen molar-refractivity contribution in [2.45, 2.75) is 51.0 Å². The molecular formula is C26H32N2O4. The summed E-state index contributed by atoms with van der Waals surface area (Å²) in [5.74, 6) is 0.488. The van der Waals surface area contributed by atoms with Crippen molar-refractivity contribution in [3.05, 3.63) is 66.8 Å². The molecule has 0 amide bonds. The number of unbranched alkanes of at least 4 members (excludes halogenated alkanes) is 1. The minimum atomic E-state index is -0.163. The highest BCUT2D eigenvalue weighted by Gasteiger charge is 2.58. The molecule has 170 valence electrons. The molecule has 4 rings (SSSR count). The van der Waals surface area contributed by atoms with Crippen LogP contribution in [0.4, 0.5) is 0 Å². The molecule has 1 aromatic carbocycles. The first-order valence-electron chi connectivity index (χ1n) is 11.5. The first kappa shape index (κ1) is 22.5. The summed E-state index contributed by atoms with van der Waals surface area (Å²) < 4.78 is 12.5. The number of aromatic nitrogens is 2. The van der Waals surface area contributed by atoms with Crippen LogP contribution in [0.15, 0.2) is 61.2 Å². The number of imidazole rings is 1. The van der Waals surface area contributed by atoms with Crippen LogP contribution in [-0.2, 0) is 20.7 Å². The average Bonchev–Trinajstić information content (AvgIpc) is 3.53. The molecule has 2 bridgehead atoms. The Morgan fingerprint density at radius 3 is 2.88 bits per heavy atom. The third-order valence-corrected chi connectivity index (χ3v) is 7.11. The van der Waals surface area contributed by atoms with E-state index in [-0.39, 0.29) is 29.3 Å². The number of hydrogen-bond donors (Lipinski definition) is 0. The molecule has 1 aliphatic heterocycles. The molecule has 1 saturated heterocycles. The summed E-state index contributed by atoms with van der Waals surface area (Å²) in [4.78, 5) is 28.2. The second-order valence-electron chi connectivity index (χ2n) is 9.09. The smallest absolute Gasteiger partial charge is 0.305 e. The Bertz CT molecular complexity index is 925. The highest BCUT2D eigenvalue weighted by Crippen LogP contribution is 2.57. The molecule has 32 heavy (non-hydrogen) atoms. The summed E-state index contributed by atoms with van der Waals surface area (Å²) in [6.07, 6.45) is 14.9. The van der Waals surface area contributed by atoms with Crippen molar-refractivity contribution in [3.8, 4) is 0 Å². The van der Waals surface area contributed by atoms with E-state index in [0.29, 0.717) is 18.8 Å². The van der Waals surface area contributed by atoms with Crippen LogP contribution < -0.4 is 0 Å². The van der Waals surface area contributed by atoms with Crippen LogP contribution in [-0.4, -0.2) is 41.2 Å². The third kappa shape index (κ3) is 5.01. The first-order chi connectivity index (χ1) is 15.6. The molecule has 6 nitrogen and oxygen atoms in total. The Morgan fingerprint density at radius 2 is 2.12 bits per heavy atom. The molecule has 0 unspecified atom stereocenters. The van der Waals surface area contributed by atoms with Gasteiger partial charge in [0.05, 0.1) is 19.8 Å². The lowest BCUT2D eigenvalue weighted by atomic mass is 9.69. The predicted molar refractivity (Wildman–Crippen MR) is 121 cm³/mol. The van der Waals surface area contributed by atoms with E-state index >= 15 is 0 Å². The zero-order chi connectivity index (χ0) is 22.4. The van der Waals surface area contributed by atoms with Crippen molar-refractivity contribution < 1.29 is 19.1 Å². The molecule has 6 heteroatoms. The molecule has 2 aliphatic rings. The van der Waals surface area contributed by atoms with E-state index in [0.717, 1.165) is 38.7 Å². The van der Waals surface area contributed by atoms with Crippen LogP contribution in [0.5, 0.6) is 0 Å². The number of fused-ring (bicyclic) bond motifs is 2. The van der Waals surface area contributed by atoms with E-state index in [1.54, 1.807) is 23.3 Å². The van der Waals surface area contributed by atoms with E-state index in [1.165, 1.54) is 12.7 Å². The van der Waals surface area contributed by atoms with Crippen molar-refractivity contribution >= 4 is 11.9 Å². The van der Waals surface area contributed by atoms with Crippen molar-refractivity contribution in [1.82, 2.24) is 9.55 Å². The number of nitrogens with zero attached hydrogens (tertiary/aromatic N) is 2. The minimum absolute atomic E-state index is 0.0578. The fourth-order valence-electron chi connectivity index (χ4n) is 5.53. The second kappa shape index (κ2) is 10.3. The summed E-state index contributed by atoms with van der Waals surface area (Å²) in [7, 11) is 1.42. The van der Waals surface area contributed by atoms with Crippen LogP contribution in [0.1, 0.15) is 48.9 Å². The number of methoxy groups -OCH3 is 1. The lowest BCUT2D eigenvalue weighted by Gasteiger charge is -2.39. The van der Waals surface area contributed by atoms with E-state index in [2.05, 4.69) is 41.4 Å². The van der Waals surface area contributed by atoms with Crippen LogP contribution in [0, 0.1) is 17.3 Å². The van der Waals surface area contributed by atoms with E-state index in [9.17, 15) is 9.59 Å². The first-order valence-corrected chi connectivity index (χ1v) is 11.5. The number of ether oxygens (including phenoxy) is 2. The van der Waals surface area contributed by atoms with Gasteiger partial charge in [-0.2, -0.15) is 0 Å². The molecule has 0 spiro atoms. The van der Waals surface area contributed by atoms with Crippen molar-refractivity contribution in [1.29, 1.82) is 0 Å². The van der Waals surface area contributed by atoms with Gasteiger partial charge < -0.3 is 9.47 Å². The SMILES string of the molecule is COC(=O)CCC/C=C\C[C@@H]1[C@H](CC(=O)n2ccnc2)[C@H]2C[C@]1(Cc1ccccc1)CO2. The molecule has 1 aromatic heterocycles. The van der Waals surface area contributed by atoms with Gasteiger partial charge in [-0.15, -0.1) is 0 Å². The van der Waals surface area contributed by atoms with Gasteiger partial charge in [-0.1, -0.05) is 42.5 Å². The monoisotopic (exact) mass is 436 g/mol. The van der Waals surface area contributed by atoms with Crippen molar-refractivity contribution in [3.63, 3.8) is 0 Å². The molecule has 1 saturated carbocycles. The van der Waals surface area contributed by atoms with Crippen molar-refractivity contribution in [2.24, 2.45) is 17.3 Å². The van der Waals surface area contributed by atoms with Gasteiger partial charge in [0.1, 0.15) is 6.33 Å². The fourth-order valence-corrected chi connectivity index (χ4v) is 5.53. The van der Waals surface area contributed by atoms with Crippen LogP contribution in [0.25, 0.3) is 0 Å². The minimum Gasteiger partial charge on any atom is -0.469 e. The maximum atomic E-state index is 12.9. The van der Waals surface area contributed by atoms with Crippen LogP contribution in [0.3, 0.4) is 0 Å². The maximum absolute atomic E-state index is 12.9. The molecule has 2 aromatic rings. The average molecular weight is 437 g/mol. The Kier molecular flexibility index (Phi) is 7.20. The highest BCUT2D eigenvalue weighted by atomic mass is 16.5. The van der Waals surface area contributed by atoms with Gasteiger partial charge in [-0.05, 0) is 49.5 Å². The lowest BCUT2D eigenvalue weighted by molar-refractivity contribution is -0.140. The second-order valence-corrected chi connectivity index (χ2v) is 9.09. The van der Waals surface area contributed by atoms with E-state index in [1.807, 2.05) is 6.07 Å². The topological polar surface area (TPSA) is 70.4 Å². The third-order valence-electron chi connectivity index (χ3n) is 7.11. The molecule has 2 heterocycles. The zero-order valence-electron chi connectivity index (χ0n) is 18.7. The normalized spacial score (nSPS) is 26.6. The van der Waals surface area contributed by atoms with Gasteiger partial charge in [-0.3, -0.25) is 14.2 Å². The molecule has 4 atom stereocenters. The van der Waals surface area contributed by atoms with Gasteiger partial charge >= 0.3 is 5.97 Å². The number of benzene rings is 1. The lowest BCUT2D eigenvalue weighted by Crippen LogP contribution is -2.39. The van der Waals surface area contributed by atoms with Crippen LogP contribution >= 0.6 is 0 Å². The van der Waals surface area contributed by atoms with Gasteiger partial charge in [-0.25, -0.2) is 4.98 Å². The summed E-state index contributed by atoms with van der Waals surface area (Å²) in [5, 5.41) is 0. The molecule has 1 aliphatic carbocycles. The summed E-state index contributed by atoms with van der Waals surface area (Å²) in [6.45, 7) is 0.753. The summed E-state index contributed by atoms with van der Waals surface area (Å²) in [5.41, 5.74) is 1.38. The largest absolute Gasteiger partial charge is 0.469 e. The number of carbonyl (C=O) groups is 2. The Labute approximate surface area is 189 Å². The van der Waals surface area contributed by atoms with Crippen LogP contribution in [0.2, 0.25) is 0 Å². The summed E-state index contributed by atoms with van der Waals surface area (Å²) >= 11 is 0. The van der Waals surface area contributed by atoms with Gasteiger partial charge in [0.15, 0.2) is 0 Å².